The highest BCUT2D eigenvalue weighted by atomic mass is 32.2. The van der Waals surface area contributed by atoms with Crippen molar-refractivity contribution in [3.05, 3.63) is 22.8 Å². The lowest BCUT2D eigenvalue weighted by molar-refractivity contribution is 0.0236. The van der Waals surface area contributed by atoms with Crippen LogP contribution in [0.25, 0.3) is 0 Å². The molecule has 0 aliphatic heterocycles. The third-order valence-corrected chi connectivity index (χ3v) is 5.79. The van der Waals surface area contributed by atoms with Gasteiger partial charge in [-0.3, -0.25) is 0 Å². The van der Waals surface area contributed by atoms with Crippen LogP contribution in [0.5, 0.6) is 0 Å². The standard InChI is InChI=1S/C14H22N2O3S/c1-8-5-9(2)14(10(3)13(8)15)20(17,18)16-11-6-12(7-11)19-4/h5,11-12,16H,6-7,15H2,1-4H3. The quantitative estimate of drug-likeness (QED) is 0.828. The van der Waals surface area contributed by atoms with Crippen molar-refractivity contribution >= 4 is 15.7 Å². The predicted octanol–water partition coefficient (Wildman–Crippen LogP) is 1.65. The first-order valence-corrected chi connectivity index (χ1v) is 8.16. The summed E-state index contributed by atoms with van der Waals surface area (Å²) in [4.78, 5) is 0.307. The Morgan fingerprint density at radius 2 is 1.85 bits per heavy atom. The molecule has 0 bridgehead atoms. The maximum Gasteiger partial charge on any atom is 0.241 e. The summed E-state index contributed by atoms with van der Waals surface area (Å²) in [7, 11) is -1.89. The van der Waals surface area contributed by atoms with E-state index < -0.39 is 10.0 Å². The minimum Gasteiger partial charge on any atom is -0.398 e. The van der Waals surface area contributed by atoms with Crippen molar-refractivity contribution in [1.29, 1.82) is 0 Å². The average Bonchev–Trinajstić information content (AvgIpc) is 2.30. The van der Waals surface area contributed by atoms with E-state index in [1.165, 1.54) is 0 Å². The number of sulfonamides is 1. The fourth-order valence-electron chi connectivity index (χ4n) is 2.73. The second kappa shape index (κ2) is 5.35. The van der Waals surface area contributed by atoms with Crippen LogP contribution in [0.2, 0.25) is 0 Å². The van der Waals surface area contributed by atoms with Gasteiger partial charge in [0, 0.05) is 18.8 Å². The summed E-state index contributed by atoms with van der Waals surface area (Å²) in [5.74, 6) is 0. The molecule has 112 valence electrons. The molecule has 0 heterocycles. The van der Waals surface area contributed by atoms with Gasteiger partial charge in [-0.1, -0.05) is 6.07 Å². The van der Waals surface area contributed by atoms with Crippen LogP contribution in [0.15, 0.2) is 11.0 Å². The van der Waals surface area contributed by atoms with Crippen molar-refractivity contribution in [2.75, 3.05) is 12.8 Å². The van der Waals surface area contributed by atoms with Gasteiger partial charge < -0.3 is 10.5 Å². The summed E-state index contributed by atoms with van der Waals surface area (Å²) in [6.07, 6.45) is 1.60. The maximum absolute atomic E-state index is 12.5. The van der Waals surface area contributed by atoms with Gasteiger partial charge in [0.25, 0.3) is 0 Å². The molecule has 1 saturated carbocycles. The van der Waals surface area contributed by atoms with Crippen LogP contribution >= 0.6 is 0 Å². The molecule has 0 saturated heterocycles. The van der Waals surface area contributed by atoms with Crippen LogP contribution in [0, 0.1) is 20.8 Å². The molecule has 3 N–H and O–H groups in total. The van der Waals surface area contributed by atoms with Crippen molar-refractivity contribution in [3.8, 4) is 0 Å². The lowest BCUT2D eigenvalue weighted by atomic mass is 9.90. The van der Waals surface area contributed by atoms with Crippen molar-refractivity contribution in [2.24, 2.45) is 0 Å². The number of anilines is 1. The summed E-state index contributed by atoms with van der Waals surface area (Å²) < 4.78 is 33.0. The predicted molar refractivity (Wildman–Crippen MR) is 79.2 cm³/mol. The van der Waals surface area contributed by atoms with Crippen molar-refractivity contribution in [2.45, 2.75) is 50.7 Å². The lowest BCUT2D eigenvalue weighted by Gasteiger charge is -2.34. The van der Waals surface area contributed by atoms with E-state index in [-0.39, 0.29) is 12.1 Å². The zero-order valence-corrected chi connectivity index (χ0v) is 13.2. The van der Waals surface area contributed by atoms with Gasteiger partial charge in [-0.2, -0.15) is 0 Å². The molecule has 20 heavy (non-hydrogen) atoms. The van der Waals surface area contributed by atoms with Gasteiger partial charge in [-0.05, 0) is 50.3 Å². The van der Waals surface area contributed by atoms with Gasteiger partial charge in [-0.15, -0.1) is 0 Å². The monoisotopic (exact) mass is 298 g/mol. The van der Waals surface area contributed by atoms with E-state index in [1.54, 1.807) is 21.0 Å². The first-order valence-electron chi connectivity index (χ1n) is 6.67. The summed E-state index contributed by atoms with van der Waals surface area (Å²) in [6.45, 7) is 5.43. The van der Waals surface area contributed by atoms with E-state index in [1.807, 2.05) is 13.0 Å². The molecule has 5 nitrogen and oxygen atoms in total. The van der Waals surface area contributed by atoms with Gasteiger partial charge in [0.15, 0.2) is 0 Å². The van der Waals surface area contributed by atoms with E-state index in [9.17, 15) is 8.42 Å². The van der Waals surface area contributed by atoms with Crippen LogP contribution in [-0.4, -0.2) is 27.7 Å². The van der Waals surface area contributed by atoms with E-state index in [0.717, 1.165) is 24.0 Å². The molecule has 0 aromatic heterocycles. The molecule has 2 rings (SSSR count). The third kappa shape index (κ3) is 2.68. The molecule has 0 amide bonds. The first-order chi connectivity index (χ1) is 9.26. The Labute approximate surface area is 120 Å². The zero-order chi connectivity index (χ0) is 15.1. The first kappa shape index (κ1) is 15.3. The second-order valence-corrected chi connectivity index (χ2v) is 7.18. The van der Waals surface area contributed by atoms with Crippen LogP contribution < -0.4 is 10.5 Å². The lowest BCUT2D eigenvalue weighted by Crippen LogP contribution is -2.47. The van der Waals surface area contributed by atoms with Gasteiger partial charge in [-0.25, -0.2) is 13.1 Å². The largest absolute Gasteiger partial charge is 0.398 e. The number of methoxy groups -OCH3 is 1. The van der Waals surface area contributed by atoms with Gasteiger partial charge in [0.1, 0.15) is 0 Å². The molecule has 0 unspecified atom stereocenters. The summed E-state index contributed by atoms with van der Waals surface area (Å²) in [5.41, 5.74) is 8.75. The van der Waals surface area contributed by atoms with Crippen molar-refractivity contribution in [3.63, 3.8) is 0 Å². The highest BCUT2D eigenvalue weighted by molar-refractivity contribution is 7.89. The van der Waals surface area contributed by atoms with Crippen LogP contribution in [0.4, 0.5) is 5.69 Å². The number of aryl methyl sites for hydroxylation is 2. The molecule has 1 aromatic rings. The molecule has 0 atom stereocenters. The number of nitrogen functional groups attached to an aromatic ring is 1. The van der Waals surface area contributed by atoms with Crippen LogP contribution in [0.1, 0.15) is 29.5 Å². The minimum atomic E-state index is -3.54. The summed E-state index contributed by atoms with van der Waals surface area (Å²) >= 11 is 0. The van der Waals surface area contributed by atoms with E-state index in [2.05, 4.69) is 4.72 Å². The van der Waals surface area contributed by atoms with Gasteiger partial charge in [0.2, 0.25) is 10.0 Å². The molecule has 6 heteroatoms. The number of nitrogens with two attached hydrogens (primary N) is 1. The molecule has 1 aromatic carbocycles. The highest BCUT2D eigenvalue weighted by Crippen LogP contribution is 2.30. The van der Waals surface area contributed by atoms with E-state index >= 15 is 0 Å². The van der Waals surface area contributed by atoms with Crippen molar-refractivity contribution < 1.29 is 13.2 Å². The number of nitrogens with one attached hydrogen (secondary N) is 1. The molecule has 1 fully saturated rings. The normalized spacial score (nSPS) is 22.6. The fourth-order valence-corrected chi connectivity index (χ4v) is 4.47. The Bertz CT molecular complexity index is 620. The SMILES string of the molecule is COC1CC(NS(=O)(=O)c2c(C)cc(C)c(N)c2C)C1. The minimum absolute atomic E-state index is 0.0497. The number of hydrogen-bond acceptors (Lipinski definition) is 4. The van der Waals surface area contributed by atoms with Crippen LogP contribution in [0.3, 0.4) is 0 Å². The van der Waals surface area contributed by atoms with Crippen molar-refractivity contribution in [1.82, 2.24) is 4.72 Å². The van der Waals surface area contributed by atoms with E-state index in [0.29, 0.717) is 16.1 Å². The third-order valence-electron chi connectivity index (χ3n) is 3.98. The Kier molecular flexibility index (Phi) is 4.09. The molecule has 0 spiro atoms. The Morgan fingerprint density at radius 1 is 1.25 bits per heavy atom. The molecular weight excluding hydrogens is 276 g/mol. The summed E-state index contributed by atoms with van der Waals surface area (Å²) in [5, 5.41) is 0. The van der Waals surface area contributed by atoms with Gasteiger partial charge in [0.05, 0.1) is 11.0 Å². The molecule has 1 aliphatic rings. The van der Waals surface area contributed by atoms with Gasteiger partial charge >= 0.3 is 0 Å². The number of rotatable bonds is 4. The molecule has 1 aliphatic carbocycles. The summed E-state index contributed by atoms with van der Waals surface area (Å²) in [6, 6.07) is 1.77. The maximum atomic E-state index is 12.5. The topological polar surface area (TPSA) is 81.4 Å². The number of hydrogen-bond donors (Lipinski definition) is 2. The number of benzene rings is 1. The Balaban J connectivity index is 2.29. The van der Waals surface area contributed by atoms with Crippen LogP contribution in [-0.2, 0) is 14.8 Å². The fraction of sp³-hybridized carbons (Fsp3) is 0.571. The molecule has 0 radical (unpaired) electrons. The number of ether oxygens (including phenoxy) is 1. The average molecular weight is 298 g/mol. The molecular formula is C14H22N2O3S. The smallest absolute Gasteiger partial charge is 0.241 e. The highest BCUT2D eigenvalue weighted by Gasteiger charge is 2.34. The Hall–Kier alpha value is -1.11. The van der Waals surface area contributed by atoms with E-state index in [4.69, 9.17) is 10.5 Å². The zero-order valence-electron chi connectivity index (χ0n) is 12.4. The second-order valence-electron chi connectivity index (χ2n) is 5.53. The Morgan fingerprint density at radius 3 is 2.40 bits per heavy atom.